The van der Waals surface area contributed by atoms with Crippen molar-refractivity contribution in [1.29, 1.82) is 0 Å². The molecule has 1 saturated heterocycles. The highest BCUT2D eigenvalue weighted by molar-refractivity contribution is 9.10. The minimum absolute atomic E-state index is 0.112. The Bertz CT molecular complexity index is 986. The summed E-state index contributed by atoms with van der Waals surface area (Å²) in [4.78, 5) is 39.5. The van der Waals surface area contributed by atoms with Gasteiger partial charge in [0.1, 0.15) is 17.7 Å². The third-order valence-electron chi connectivity index (χ3n) is 4.59. The molecule has 136 valence electrons. The van der Waals surface area contributed by atoms with E-state index in [0.29, 0.717) is 11.4 Å². The molecule has 2 amide bonds. The molecular formula is C19H13Br2N3O3. The molecule has 0 N–H and O–H groups in total. The number of benzene rings is 2. The molecule has 27 heavy (non-hydrogen) atoms. The van der Waals surface area contributed by atoms with Crippen molar-refractivity contribution in [3.63, 3.8) is 0 Å². The van der Waals surface area contributed by atoms with Crippen LogP contribution in [0.4, 0.5) is 11.4 Å². The lowest BCUT2D eigenvalue weighted by Gasteiger charge is -2.22. The van der Waals surface area contributed by atoms with Gasteiger partial charge >= 0.3 is 0 Å². The van der Waals surface area contributed by atoms with Gasteiger partial charge in [0.25, 0.3) is 5.91 Å². The molecule has 2 aromatic carbocycles. The maximum Gasteiger partial charge on any atom is 0.259 e. The van der Waals surface area contributed by atoms with Crippen LogP contribution in [0, 0.1) is 5.92 Å². The summed E-state index contributed by atoms with van der Waals surface area (Å²) >= 11 is 6.71. The van der Waals surface area contributed by atoms with E-state index in [4.69, 9.17) is 0 Å². The zero-order valence-corrected chi connectivity index (χ0v) is 17.3. The molecule has 4 rings (SSSR count). The van der Waals surface area contributed by atoms with Gasteiger partial charge in [-0.1, -0.05) is 31.9 Å². The Kier molecular flexibility index (Phi) is 4.47. The number of halogens is 2. The molecule has 2 aliphatic rings. The van der Waals surface area contributed by atoms with Crippen LogP contribution in [-0.2, 0) is 14.4 Å². The summed E-state index contributed by atoms with van der Waals surface area (Å²) in [6, 6.07) is 13.2. The molecule has 2 aliphatic heterocycles. The number of imide groups is 1. The van der Waals surface area contributed by atoms with Crippen LogP contribution >= 0.6 is 31.9 Å². The first-order valence-electron chi connectivity index (χ1n) is 8.16. The monoisotopic (exact) mass is 489 g/mol. The molecule has 0 aliphatic carbocycles. The maximum absolute atomic E-state index is 13.2. The van der Waals surface area contributed by atoms with Crippen molar-refractivity contribution in [2.75, 3.05) is 9.91 Å². The Morgan fingerprint density at radius 3 is 1.93 bits per heavy atom. The third kappa shape index (κ3) is 2.93. The zero-order chi connectivity index (χ0) is 19.3. The number of hydrogen-bond acceptors (Lipinski definition) is 5. The number of nitrogens with zero attached hydrogens (tertiary/aromatic N) is 3. The van der Waals surface area contributed by atoms with Crippen LogP contribution in [0.15, 0.2) is 62.6 Å². The molecule has 0 bridgehead atoms. The number of rotatable bonds is 3. The number of hydrogen-bond donors (Lipinski definition) is 0. The lowest BCUT2D eigenvalue weighted by molar-refractivity contribution is -0.122. The summed E-state index contributed by atoms with van der Waals surface area (Å²) in [5.74, 6) is -2.04. The van der Waals surface area contributed by atoms with E-state index >= 15 is 0 Å². The molecule has 8 heteroatoms. The van der Waals surface area contributed by atoms with Gasteiger partial charge < -0.3 is 0 Å². The quantitative estimate of drug-likeness (QED) is 0.617. The van der Waals surface area contributed by atoms with Crippen LogP contribution < -0.4 is 9.91 Å². The Balaban J connectivity index is 1.79. The summed E-state index contributed by atoms with van der Waals surface area (Å²) in [6.07, 6.45) is 0. The van der Waals surface area contributed by atoms with Crippen LogP contribution in [-0.4, -0.2) is 29.4 Å². The van der Waals surface area contributed by atoms with Crippen LogP contribution in [0.2, 0.25) is 0 Å². The second-order valence-corrected chi connectivity index (χ2v) is 8.10. The van der Waals surface area contributed by atoms with E-state index in [1.807, 2.05) is 12.1 Å². The predicted molar refractivity (Wildman–Crippen MR) is 109 cm³/mol. The summed E-state index contributed by atoms with van der Waals surface area (Å²) in [5.41, 5.74) is 1.23. The van der Waals surface area contributed by atoms with E-state index in [9.17, 15) is 14.4 Å². The third-order valence-corrected chi connectivity index (χ3v) is 5.64. The fourth-order valence-corrected chi connectivity index (χ4v) is 3.89. The first-order valence-corrected chi connectivity index (χ1v) is 9.74. The first kappa shape index (κ1) is 18.1. The summed E-state index contributed by atoms with van der Waals surface area (Å²) < 4.78 is 1.72. The van der Waals surface area contributed by atoms with Crippen molar-refractivity contribution < 1.29 is 14.4 Å². The predicted octanol–water partition coefficient (Wildman–Crippen LogP) is 3.53. The van der Waals surface area contributed by atoms with Gasteiger partial charge in [-0.2, -0.15) is 5.10 Å². The fraction of sp³-hybridized carbons (Fsp3) is 0.158. The molecule has 6 nitrogen and oxygen atoms in total. The van der Waals surface area contributed by atoms with Gasteiger partial charge in [-0.05, 0) is 48.5 Å². The van der Waals surface area contributed by atoms with Crippen molar-refractivity contribution in [2.45, 2.75) is 13.0 Å². The molecule has 0 radical (unpaired) electrons. The van der Waals surface area contributed by atoms with Gasteiger partial charge in [0, 0.05) is 15.9 Å². The van der Waals surface area contributed by atoms with Gasteiger partial charge in [-0.15, -0.1) is 0 Å². The Labute approximate surface area is 172 Å². The summed E-state index contributed by atoms with van der Waals surface area (Å²) in [5, 5.41) is 5.80. The van der Waals surface area contributed by atoms with Gasteiger partial charge in [0.2, 0.25) is 5.91 Å². The lowest BCUT2D eigenvalue weighted by atomic mass is 9.95. The van der Waals surface area contributed by atoms with Crippen molar-refractivity contribution in [2.24, 2.45) is 11.0 Å². The standard InChI is InChI=1S/C19H13Br2N3O3/c1-10(25)16-15-17(24(22-16)14-8-4-12(21)5-9-14)19(27)23(18(15)26)13-6-2-11(20)3-7-13/h2-9,15,17H,1H3/t15-,17-/m1/s1. The van der Waals surface area contributed by atoms with Gasteiger partial charge in [-0.25, -0.2) is 4.90 Å². The summed E-state index contributed by atoms with van der Waals surface area (Å²) in [6.45, 7) is 1.36. The minimum atomic E-state index is -0.901. The average Bonchev–Trinajstić information content (AvgIpc) is 3.15. The average molecular weight is 491 g/mol. The summed E-state index contributed by atoms with van der Waals surface area (Å²) in [7, 11) is 0. The molecule has 2 aromatic rings. The van der Waals surface area contributed by atoms with Crippen molar-refractivity contribution in [1.82, 2.24) is 0 Å². The molecule has 0 spiro atoms. The van der Waals surface area contributed by atoms with Crippen molar-refractivity contribution >= 4 is 66.5 Å². The highest BCUT2D eigenvalue weighted by Crippen LogP contribution is 2.38. The van der Waals surface area contributed by atoms with Crippen LogP contribution in [0.25, 0.3) is 0 Å². The van der Waals surface area contributed by atoms with E-state index in [1.54, 1.807) is 36.4 Å². The van der Waals surface area contributed by atoms with E-state index in [-0.39, 0.29) is 11.5 Å². The van der Waals surface area contributed by atoms with Crippen LogP contribution in [0.5, 0.6) is 0 Å². The minimum Gasteiger partial charge on any atom is -0.293 e. The number of carbonyl (C=O) groups excluding carboxylic acids is 3. The molecule has 1 fully saturated rings. The Hall–Kier alpha value is -2.32. The molecule has 2 atom stereocenters. The van der Waals surface area contributed by atoms with Crippen molar-refractivity contribution in [3.05, 3.63) is 57.5 Å². The number of Topliss-reactive ketones (excluding diaryl/α,β-unsaturated/α-hetero) is 1. The highest BCUT2D eigenvalue weighted by atomic mass is 79.9. The number of hydrazone groups is 1. The molecule has 0 aromatic heterocycles. The molecule has 0 saturated carbocycles. The number of fused-ring (bicyclic) bond motifs is 1. The number of amides is 2. The molecular weight excluding hydrogens is 478 g/mol. The zero-order valence-electron chi connectivity index (χ0n) is 14.1. The maximum atomic E-state index is 13.2. The second kappa shape index (κ2) is 6.69. The molecule has 2 heterocycles. The van der Waals surface area contributed by atoms with Crippen molar-refractivity contribution in [3.8, 4) is 0 Å². The smallest absolute Gasteiger partial charge is 0.259 e. The second-order valence-electron chi connectivity index (χ2n) is 6.27. The molecule has 0 unspecified atom stereocenters. The van der Waals surface area contributed by atoms with Gasteiger partial charge in [0.15, 0.2) is 5.78 Å². The van der Waals surface area contributed by atoms with Gasteiger partial charge in [0.05, 0.1) is 11.4 Å². The van der Waals surface area contributed by atoms with E-state index in [2.05, 4.69) is 37.0 Å². The number of carbonyl (C=O) groups is 3. The fourth-order valence-electron chi connectivity index (χ4n) is 3.36. The highest BCUT2D eigenvalue weighted by Gasteiger charge is 2.58. The first-order chi connectivity index (χ1) is 12.9. The van der Waals surface area contributed by atoms with Crippen LogP contribution in [0.3, 0.4) is 0 Å². The largest absolute Gasteiger partial charge is 0.293 e. The van der Waals surface area contributed by atoms with Gasteiger partial charge in [-0.3, -0.25) is 19.4 Å². The SMILES string of the molecule is CC(=O)C1=NN(c2ccc(Br)cc2)[C@H]2C(=O)N(c3ccc(Br)cc3)C(=O)[C@H]12. The number of anilines is 2. The van der Waals surface area contributed by atoms with E-state index < -0.39 is 23.8 Å². The van der Waals surface area contributed by atoms with E-state index in [0.717, 1.165) is 13.8 Å². The van der Waals surface area contributed by atoms with E-state index in [1.165, 1.54) is 11.9 Å². The van der Waals surface area contributed by atoms with Crippen LogP contribution in [0.1, 0.15) is 6.92 Å². The lowest BCUT2D eigenvalue weighted by Crippen LogP contribution is -2.39. The Morgan fingerprint density at radius 2 is 1.41 bits per heavy atom. The number of ketones is 1. The topological polar surface area (TPSA) is 70.1 Å². The Morgan fingerprint density at radius 1 is 0.889 bits per heavy atom. The normalized spacial score (nSPS) is 21.5.